The number of rotatable bonds is 3. The van der Waals surface area contributed by atoms with Crippen molar-refractivity contribution in [3.05, 3.63) is 67.5 Å². The van der Waals surface area contributed by atoms with Crippen molar-refractivity contribution in [3.63, 3.8) is 0 Å². The van der Waals surface area contributed by atoms with Crippen molar-refractivity contribution in [2.45, 2.75) is 39.1 Å². The first-order chi connectivity index (χ1) is 13.9. The van der Waals surface area contributed by atoms with Crippen LogP contribution in [0.3, 0.4) is 0 Å². The van der Waals surface area contributed by atoms with Gasteiger partial charge in [-0.15, -0.1) is 0 Å². The molecule has 0 amide bonds. The highest BCUT2D eigenvalue weighted by Crippen LogP contribution is 2.47. The molecule has 8 heteroatoms. The summed E-state index contributed by atoms with van der Waals surface area (Å²) in [7, 11) is 0. The van der Waals surface area contributed by atoms with Gasteiger partial charge in [0, 0.05) is 18.3 Å². The Hall–Kier alpha value is -3.00. The van der Waals surface area contributed by atoms with E-state index in [4.69, 9.17) is 9.73 Å². The second kappa shape index (κ2) is 6.25. The van der Waals surface area contributed by atoms with Crippen molar-refractivity contribution in [1.29, 1.82) is 0 Å². The SMILES string of the molecule is CCn1nccc1/C=c1\sc2n(c1=O)[C@H]1c3ccccc3O[C@](C)(N=2)[C@H]1C(C)=O. The summed E-state index contributed by atoms with van der Waals surface area (Å²) in [6.45, 7) is 6.08. The molecule has 29 heavy (non-hydrogen) atoms. The van der Waals surface area contributed by atoms with Gasteiger partial charge in [-0.3, -0.25) is 18.8 Å². The first-order valence-electron chi connectivity index (χ1n) is 9.56. The number of Topliss-reactive ketones (excluding diaryl/α,β-unsaturated/α-hetero) is 1. The predicted molar refractivity (Wildman–Crippen MR) is 109 cm³/mol. The van der Waals surface area contributed by atoms with Crippen LogP contribution in [0.25, 0.3) is 6.08 Å². The zero-order chi connectivity index (χ0) is 20.3. The number of ether oxygens (including phenoxy) is 1. The Balaban J connectivity index is 1.81. The molecule has 2 bridgehead atoms. The monoisotopic (exact) mass is 408 g/mol. The smallest absolute Gasteiger partial charge is 0.270 e. The van der Waals surface area contributed by atoms with Gasteiger partial charge in [0.05, 0.1) is 16.3 Å². The molecule has 1 aromatic carbocycles. The van der Waals surface area contributed by atoms with E-state index in [9.17, 15) is 9.59 Å². The summed E-state index contributed by atoms with van der Waals surface area (Å²) in [6, 6.07) is 9.01. The van der Waals surface area contributed by atoms with Gasteiger partial charge in [0.15, 0.2) is 4.80 Å². The standard InChI is InChI=1S/C21H20N4O3S/c1-4-24-13(9-10-22-24)11-16-19(27)25-18-14-7-5-6-8-15(14)28-21(3,17(18)12(2)26)23-20(25)29-16/h5-11,17-18H,4H2,1-3H3/b16-11-/t17-,18-,21-/m0/s1. The molecule has 7 nitrogen and oxygen atoms in total. The lowest BCUT2D eigenvalue weighted by atomic mass is 9.79. The summed E-state index contributed by atoms with van der Waals surface area (Å²) in [4.78, 5) is 31.4. The first kappa shape index (κ1) is 18.1. The molecule has 5 rings (SSSR count). The number of ketones is 1. The number of hydrogen-bond donors (Lipinski definition) is 0. The van der Waals surface area contributed by atoms with E-state index in [1.54, 1.807) is 10.8 Å². The van der Waals surface area contributed by atoms with Crippen LogP contribution < -0.4 is 19.6 Å². The zero-order valence-corrected chi connectivity index (χ0v) is 17.1. The van der Waals surface area contributed by atoms with E-state index in [1.165, 1.54) is 18.3 Å². The molecule has 0 N–H and O–H groups in total. The number of para-hydroxylation sites is 1. The van der Waals surface area contributed by atoms with Crippen LogP contribution in [-0.2, 0) is 11.3 Å². The second-order valence-corrected chi connectivity index (χ2v) is 8.49. The van der Waals surface area contributed by atoms with E-state index < -0.39 is 17.7 Å². The lowest BCUT2D eigenvalue weighted by Crippen LogP contribution is -2.58. The summed E-state index contributed by atoms with van der Waals surface area (Å²) < 4.78 is 10.3. The summed E-state index contributed by atoms with van der Waals surface area (Å²) in [5.41, 5.74) is 0.515. The summed E-state index contributed by atoms with van der Waals surface area (Å²) in [5, 5.41) is 4.26. The minimum Gasteiger partial charge on any atom is -0.465 e. The first-order valence-corrected chi connectivity index (χ1v) is 10.4. The van der Waals surface area contributed by atoms with E-state index >= 15 is 0 Å². The molecule has 0 saturated carbocycles. The molecule has 2 aliphatic rings. The van der Waals surface area contributed by atoms with Gasteiger partial charge in [0.25, 0.3) is 5.56 Å². The maximum atomic E-state index is 13.4. The van der Waals surface area contributed by atoms with Crippen LogP contribution in [0.5, 0.6) is 5.75 Å². The largest absolute Gasteiger partial charge is 0.465 e. The van der Waals surface area contributed by atoms with E-state index in [1.807, 2.05) is 54.9 Å². The Bertz CT molecular complexity index is 1320. The van der Waals surface area contributed by atoms with E-state index in [2.05, 4.69) is 5.10 Å². The van der Waals surface area contributed by atoms with Gasteiger partial charge in [0.1, 0.15) is 17.5 Å². The normalized spacial score (nSPS) is 25.0. The third-order valence-corrected chi connectivity index (χ3v) is 6.63. The van der Waals surface area contributed by atoms with Gasteiger partial charge in [-0.25, -0.2) is 4.99 Å². The fraction of sp³-hybridized carbons (Fsp3) is 0.333. The minimum absolute atomic E-state index is 0.0471. The third kappa shape index (κ3) is 2.55. The Morgan fingerprint density at radius 1 is 1.34 bits per heavy atom. The molecule has 0 fully saturated rings. The lowest BCUT2D eigenvalue weighted by Gasteiger charge is -2.45. The fourth-order valence-corrected chi connectivity index (χ4v) is 5.50. The minimum atomic E-state index is -1.04. The molecule has 2 aliphatic heterocycles. The van der Waals surface area contributed by atoms with Crippen LogP contribution in [0.1, 0.15) is 38.1 Å². The number of aryl methyl sites for hydroxylation is 1. The molecule has 3 aromatic rings. The van der Waals surface area contributed by atoms with E-state index in [0.717, 1.165) is 11.3 Å². The number of aromatic nitrogens is 3. The van der Waals surface area contributed by atoms with Gasteiger partial charge in [-0.1, -0.05) is 29.5 Å². The number of carbonyl (C=O) groups excluding carboxylic acids is 1. The van der Waals surface area contributed by atoms with Crippen LogP contribution in [0.2, 0.25) is 0 Å². The number of thiazole rings is 1. The topological polar surface area (TPSA) is 78.5 Å². The molecule has 4 heterocycles. The zero-order valence-electron chi connectivity index (χ0n) is 16.3. The molecule has 0 radical (unpaired) electrons. The van der Waals surface area contributed by atoms with Gasteiger partial charge in [0.2, 0.25) is 5.72 Å². The van der Waals surface area contributed by atoms with Crippen molar-refractivity contribution in [1.82, 2.24) is 14.3 Å². The van der Waals surface area contributed by atoms with Crippen molar-refractivity contribution < 1.29 is 9.53 Å². The molecule has 0 saturated heterocycles. The quantitative estimate of drug-likeness (QED) is 0.658. The van der Waals surface area contributed by atoms with Crippen LogP contribution in [0.4, 0.5) is 0 Å². The summed E-state index contributed by atoms with van der Waals surface area (Å²) in [5.74, 6) is 0.0555. The average Bonchev–Trinajstić information content (AvgIpc) is 3.24. The average molecular weight is 408 g/mol. The van der Waals surface area contributed by atoms with Crippen LogP contribution in [0.15, 0.2) is 46.3 Å². The maximum absolute atomic E-state index is 13.4. The molecular formula is C21H20N4O3S. The lowest BCUT2D eigenvalue weighted by molar-refractivity contribution is -0.132. The van der Waals surface area contributed by atoms with Crippen LogP contribution in [-0.4, -0.2) is 25.9 Å². The molecule has 0 aliphatic carbocycles. The van der Waals surface area contributed by atoms with E-state index in [0.29, 0.717) is 21.6 Å². The van der Waals surface area contributed by atoms with Crippen molar-refractivity contribution in [2.75, 3.05) is 0 Å². The van der Waals surface area contributed by atoms with Gasteiger partial charge in [-0.05, 0) is 39.0 Å². The summed E-state index contributed by atoms with van der Waals surface area (Å²) in [6.07, 6.45) is 3.56. The van der Waals surface area contributed by atoms with Crippen molar-refractivity contribution in [2.24, 2.45) is 10.9 Å². The predicted octanol–water partition coefficient (Wildman–Crippen LogP) is 1.49. The Labute approximate surface area is 170 Å². The fourth-order valence-electron chi connectivity index (χ4n) is 4.42. The molecule has 0 unspecified atom stereocenters. The summed E-state index contributed by atoms with van der Waals surface area (Å²) >= 11 is 1.32. The van der Waals surface area contributed by atoms with Gasteiger partial charge < -0.3 is 4.74 Å². The van der Waals surface area contributed by atoms with Gasteiger partial charge >= 0.3 is 0 Å². The highest BCUT2D eigenvalue weighted by molar-refractivity contribution is 7.07. The molecular weight excluding hydrogens is 388 g/mol. The maximum Gasteiger partial charge on any atom is 0.270 e. The number of nitrogens with zero attached hydrogens (tertiary/aromatic N) is 4. The molecule has 148 valence electrons. The molecule has 2 aromatic heterocycles. The number of hydrogen-bond acceptors (Lipinski definition) is 6. The molecule has 0 spiro atoms. The second-order valence-electron chi connectivity index (χ2n) is 7.48. The van der Waals surface area contributed by atoms with Crippen LogP contribution >= 0.6 is 11.3 Å². The highest BCUT2D eigenvalue weighted by atomic mass is 32.1. The molecule has 3 atom stereocenters. The van der Waals surface area contributed by atoms with Crippen LogP contribution in [0, 0.1) is 5.92 Å². The van der Waals surface area contributed by atoms with E-state index in [-0.39, 0.29) is 11.3 Å². The highest BCUT2D eigenvalue weighted by Gasteiger charge is 2.53. The van der Waals surface area contributed by atoms with Crippen molar-refractivity contribution in [3.8, 4) is 5.75 Å². The Kier molecular flexibility index (Phi) is 3.89. The van der Waals surface area contributed by atoms with Gasteiger partial charge in [-0.2, -0.15) is 5.10 Å². The number of benzene rings is 1. The number of carbonyl (C=O) groups is 1. The third-order valence-electron chi connectivity index (χ3n) is 5.65. The Morgan fingerprint density at radius 3 is 2.90 bits per heavy atom. The Morgan fingerprint density at radius 2 is 2.14 bits per heavy atom. The number of fused-ring (bicyclic) bond motifs is 6. The van der Waals surface area contributed by atoms with Crippen molar-refractivity contribution >= 4 is 23.2 Å².